The van der Waals surface area contributed by atoms with E-state index in [9.17, 15) is 4.79 Å². The van der Waals surface area contributed by atoms with E-state index in [0.717, 1.165) is 44.0 Å². The van der Waals surface area contributed by atoms with Gasteiger partial charge in [-0.2, -0.15) is 0 Å². The highest BCUT2D eigenvalue weighted by atomic mass is 16.5. The quantitative estimate of drug-likeness (QED) is 0.695. The highest BCUT2D eigenvalue weighted by Crippen LogP contribution is 2.19. The molecule has 1 aliphatic rings. The molecule has 0 bridgehead atoms. The minimum absolute atomic E-state index is 0.100. The van der Waals surface area contributed by atoms with Crippen molar-refractivity contribution in [3.05, 3.63) is 71.6 Å². The Hall–Kier alpha value is -3.03. The first kappa shape index (κ1) is 19.3. The molecule has 7 heteroatoms. The third kappa shape index (κ3) is 4.88. The van der Waals surface area contributed by atoms with Gasteiger partial charge in [-0.05, 0) is 36.8 Å². The summed E-state index contributed by atoms with van der Waals surface area (Å²) in [4.78, 5) is 15.3. The van der Waals surface area contributed by atoms with Crippen LogP contribution < -0.4 is 5.32 Å². The lowest BCUT2D eigenvalue weighted by atomic mass is 10.0. The number of amides is 1. The number of ether oxygens (including phenoxy) is 1. The summed E-state index contributed by atoms with van der Waals surface area (Å²) in [6.07, 6.45) is 1.29. The van der Waals surface area contributed by atoms with Crippen molar-refractivity contribution in [1.82, 2.24) is 20.4 Å². The zero-order valence-electron chi connectivity index (χ0n) is 16.4. The zero-order chi connectivity index (χ0) is 20.1. The molecule has 1 aliphatic heterocycles. The molecule has 7 nitrogen and oxygen atoms in total. The molecule has 2 aromatic carbocycles. The Morgan fingerprint density at radius 3 is 2.48 bits per heavy atom. The van der Waals surface area contributed by atoms with Crippen molar-refractivity contribution in [2.45, 2.75) is 13.0 Å². The number of aromatic nitrogens is 2. The van der Waals surface area contributed by atoms with E-state index in [0.29, 0.717) is 11.5 Å². The molecule has 150 valence electrons. The lowest BCUT2D eigenvalue weighted by Gasteiger charge is -2.31. The molecule has 0 spiro atoms. The van der Waals surface area contributed by atoms with Crippen LogP contribution in [0.25, 0.3) is 11.5 Å². The van der Waals surface area contributed by atoms with Crippen molar-refractivity contribution in [3.8, 4) is 11.5 Å². The van der Waals surface area contributed by atoms with Gasteiger partial charge in [-0.3, -0.25) is 9.69 Å². The van der Waals surface area contributed by atoms with Crippen LogP contribution in [0.1, 0.15) is 27.5 Å². The Labute approximate surface area is 169 Å². The Morgan fingerprint density at radius 1 is 1.10 bits per heavy atom. The van der Waals surface area contributed by atoms with Crippen LogP contribution in [-0.2, 0) is 4.74 Å². The van der Waals surface area contributed by atoms with Crippen molar-refractivity contribution < 1.29 is 13.9 Å². The summed E-state index contributed by atoms with van der Waals surface area (Å²) in [5, 5.41) is 10.8. The van der Waals surface area contributed by atoms with Gasteiger partial charge < -0.3 is 14.5 Å². The predicted octanol–water partition coefficient (Wildman–Crippen LogP) is 2.85. The predicted molar refractivity (Wildman–Crippen MR) is 108 cm³/mol. The van der Waals surface area contributed by atoms with Gasteiger partial charge in [0.25, 0.3) is 5.91 Å². The van der Waals surface area contributed by atoms with E-state index in [1.165, 1.54) is 12.0 Å². The van der Waals surface area contributed by atoms with E-state index in [2.05, 4.69) is 51.6 Å². The Bertz CT molecular complexity index is 918. The Morgan fingerprint density at radius 2 is 1.83 bits per heavy atom. The minimum Gasteiger partial charge on any atom is -0.423 e. The first-order chi connectivity index (χ1) is 14.2. The Balaban J connectivity index is 1.49. The number of rotatable bonds is 6. The summed E-state index contributed by atoms with van der Waals surface area (Å²) in [5.41, 5.74) is 3.66. The molecule has 1 fully saturated rings. The lowest BCUT2D eigenvalue weighted by Crippen LogP contribution is -2.43. The van der Waals surface area contributed by atoms with E-state index in [-0.39, 0.29) is 11.9 Å². The molecule has 2 heterocycles. The number of hydrogen-bond donors (Lipinski definition) is 1. The van der Waals surface area contributed by atoms with Gasteiger partial charge in [0.2, 0.25) is 12.3 Å². The number of carbonyl (C=O) groups excluding carboxylic acids is 1. The van der Waals surface area contributed by atoms with Crippen LogP contribution >= 0.6 is 0 Å². The third-order valence-corrected chi connectivity index (χ3v) is 5.08. The molecule has 1 N–H and O–H groups in total. The Kier molecular flexibility index (Phi) is 5.97. The average molecular weight is 392 g/mol. The van der Waals surface area contributed by atoms with Crippen LogP contribution in [0.4, 0.5) is 0 Å². The molecular weight excluding hydrogens is 368 g/mol. The normalized spacial score (nSPS) is 15.8. The highest BCUT2D eigenvalue weighted by molar-refractivity contribution is 5.94. The summed E-state index contributed by atoms with van der Waals surface area (Å²) in [6.45, 7) is 6.01. The second-order valence-corrected chi connectivity index (χ2v) is 7.17. The fourth-order valence-electron chi connectivity index (χ4n) is 3.38. The molecule has 1 amide bonds. The van der Waals surface area contributed by atoms with E-state index in [1.807, 2.05) is 12.1 Å². The van der Waals surface area contributed by atoms with Crippen molar-refractivity contribution in [2.24, 2.45) is 0 Å². The summed E-state index contributed by atoms with van der Waals surface area (Å²) in [7, 11) is 0. The monoisotopic (exact) mass is 392 g/mol. The van der Waals surface area contributed by atoms with E-state index in [4.69, 9.17) is 9.15 Å². The van der Waals surface area contributed by atoms with Crippen molar-refractivity contribution >= 4 is 5.91 Å². The van der Waals surface area contributed by atoms with E-state index >= 15 is 0 Å². The van der Waals surface area contributed by atoms with E-state index in [1.54, 1.807) is 12.1 Å². The molecule has 0 saturated carbocycles. The van der Waals surface area contributed by atoms with E-state index < -0.39 is 0 Å². The number of carbonyl (C=O) groups is 1. The molecule has 1 atom stereocenters. The maximum absolute atomic E-state index is 12.9. The zero-order valence-corrected chi connectivity index (χ0v) is 16.4. The number of aryl methyl sites for hydroxylation is 1. The van der Waals surface area contributed by atoms with Crippen LogP contribution in [0.5, 0.6) is 0 Å². The SMILES string of the molecule is Cc1ccc([C@H](CN2CCOCC2)NC(=O)c2ccc(-c3nnco3)cc2)cc1. The number of hydrogen-bond acceptors (Lipinski definition) is 6. The highest BCUT2D eigenvalue weighted by Gasteiger charge is 2.21. The fourth-order valence-corrected chi connectivity index (χ4v) is 3.38. The van der Waals surface area contributed by atoms with Gasteiger partial charge in [-0.25, -0.2) is 0 Å². The average Bonchev–Trinajstić information content (AvgIpc) is 3.30. The standard InChI is InChI=1S/C22H24N4O3/c1-16-2-4-17(5-3-16)20(14-26-10-12-28-13-11-26)24-21(27)18-6-8-19(9-7-18)22-25-23-15-29-22/h2-9,15,20H,10-14H2,1H3,(H,24,27)/t20-/m0/s1. The largest absolute Gasteiger partial charge is 0.423 e. The number of benzene rings is 2. The molecule has 29 heavy (non-hydrogen) atoms. The molecule has 4 rings (SSSR count). The molecule has 0 radical (unpaired) electrons. The van der Waals surface area contributed by atoms with Gasteiger partial charge in [-0.1, -0.05) is 29.8 Å². The maximum Gasteiger partial charge on any atom is 0.251 e. The van der Waals surface area contributed by atoms with Gasteiger partial charge in [0.1, 0.15) is 0 Å². The number of morpholine rings is 1. The number of nitrogens with one attached hydrogen (secondary N) is 1. The summed E-state index contributed by atoms with van der Waals surface area (Å²) < 4.78 is 10.6. The smallest absolute Gasteiger partial charge is 0.251 e. The molecule has 3 aromatic rings. The van der Waals surface area contributed by atoms with Crippen molar-refractivity contribution in [2.75, 3.05) is 32.8 Å². The van der Waals surface area contributed by atoms with Crippen LogP contribution in [0.2, 0.25) is 0 Å². The topological polar surface area (TPSA) is 80.5 Å². The number of nitrogens with zero attached hydrogens (tertiary/aromatic N) is 3. The van der Waals surface area contributed by atoms with Crippen LogP contribution in [0.15, 0.2) is 59.3 Å². The van der Waals surface area contributed by atoms with Gasteiger partial charge >= 0.3 is 0 Å². The van der Waals surface area contributed by atoms with Gasteiger partial charge in [0.05, 0.1) is 19.3 Å². The fraction of sp³-hybridized carbons (Fsp3) is 0.318. The van der Waals surface area contributed by atoms with Crippen LogP contribution in [0.3, 0.4) is 0 Å². The maximum atomic E-state index is 12.9. The summed E-state index contributed by atoms with van der Waals surface area (Å²) in [5.74, 6) is 0.322. The lowest BCUT2D eigenvalue weighted by molar-refractivity contribution is 0.0332. The molecule has 1 saturated heterocycles. The van der Waals surface area contributed by atoms with Gasteiger partial charge in [-0.15, -0.1) is 10.2 Å². The van der Waals surface area contributed by atoms with Crippen LogP contribution in [0, 0.1) is 6.92 Å². The van der Waals surface area contributed by atoms with Gasteiger partial charge in [0.15, 0.2) is 0 Å². The summed E-state index contributed by atoms with van der Waals surface area (Å²) >= 11 is 0. The second-order valence-electron chi connectivity index (χ2n) is 7.17. The van der Waals surface area contributed by atoms with Crippen LogP contribution in [-0.4, -0.2) is 53.9 Å². The van der Waals surface area contributed by atoms with Crippen molar-refractivity contribution in [1.29, 1.82) is 0 Å². The molecule has 0 aliphatic carbocycles. The first-order valence-electron chi connectivity index (χ1n) is 9.73. The minimum atomic E-state index is -0.110. The summed E-state index contributed by atoms with van der Waals surface area (Å²) in [6, 6.07) is 15.4. The van der Waals surface area contributed by atoms with Gasteiger partial charge in [0, 0.05) is 30.8 Å². The molecule has 0 unspecified atom stereocenters. The van der Waals surface area contributed by atoms with Crippen molar-refractivity contribution in [3.63, 3.8) is 0 Å². The molecular formula is C22H24N4O3. The second kappa shape index (κ2) is 8.98. The first-order valence-corrected chi connectivity index (χ1v) is 9.73. The molecule has 1 aromatic heterocycles. The third-order valence-electron chi connectivity index (χ3n) is 5.08.